The fourth-order valence-electron chi connectivity index (χ4n) is 3.21. The topological polar surface area (TPSA) is 81.1 Å². The predicted molar refractivity (Wildman–Crippen MR) is 118 cm³/mol. The molecule has 0 aliphatic rings. The highest BCUT2D eigenvalue weighted by atomic mass is 16.2. The Morgan fingerprint density at radius 2 is 1.80 bits per heavy atom. The van der Waals surface area contributed by atoms with E-state index >= 15 is 0 Å². The molecule has 2 aromatic carbocycles. The summed E-state index contributed by atoms with van der Waals surface area (Å²) in [5.41, 5.74) is 4.48. The molecule has 0 aliphatic carbocycles. The lowest BCUT2D eigenvalue weighted by molar-refractivity contribution is -0.119. The van der Waals surface area contributed by atoms with Crippen LogP contribution in [0.15, 0.2) is 59.4 Å². The first kappa shape index (κ1) is 21.2. The number of benzene rings is 2. The van der Waals surface area contributed by atoms with Gasteiger partial charge in [0.1, 0.15) is 6.04 Å². The van der Waals surface area contributed by atoms with E-state index < -0.39 is 6.04 Å². The number of nitrogens with zero attached hydrogens (tertiary/aromatic N) is 2. The minimum Gasteiger partial charge on any atom is -0.324 e. The van der Waals surface area contributed by atoms with Gasteiger partial charge in [0.15, 0.2) is 5.78 Å². The molecule has 0 radical (unpaired) electrons. The standard InChI is InChI=1S/C24H25N3O3/c1-5-22(24(30)25-20-8-6-7-18(14-20)17(4)28)27-23(29)12-11-21(26-27)19-10-9-15(2)16(3)13-19/h6-14,22H,5H2,1-4H3,(H,25,30)/t22-/m1/s1. The maximum Gasteiger partial charge on any atom is 0.267 e. The second-order valence-electron chi connectivity index (χ2n) is 7.35. The van der Waals surface area contributed by atoms with Crippen molar-refractivity contribution in [2.75, 3.05) is 5.32 Å². The van der Waals surface area contributed by atoms with Gasteiger partial charge in [-0.05, 0) is 62.6 Å². The first-order valence-electron chi connectivity index (χ1n) is 9.89. The van der Waals surface area contributed by atoms with Crippen LogP contribution in [0.3, 0.4) is 0 Å². The third-order valence-corrected chi connectivity index (χ3v) is 5.15. The summed E-state index contributed by atoms with van der Waals surface area (Å²) >= 11 is 0. The maximum absolute atomic E-state index is 12.9. The molecule has 3 aromatic rings. The van der Waals surface area contributed by atoms with Crippen molar-refractivity contribution in [2.24, 2.45) is 0 Å². The zero-order chi connectivity index (χ0) is 21.8. The van der Waals surface area contributed by atoms with Crippen molar-refractivity contribution >= 4 is 17.4 Å². The Morgan fingerprint density at radius 3 is 2.47 bits per heavy atom. The van der Waals surface area contributed by atoms with Crippen molar-refractivity contribution < 1.29 is 9.59 Å². The van der Waals surface area contributed by atoms with Crippen LogP contribution in [0.4, 0.5) is 5.69 Å². The molecule has 6 nitrogen and oxygen atoms in total. The Hall–Kier alpha value is -3.54. The molecule has 1 heterocycles. The van der Waals surface area contributed by atoms with Crippen LogP contribution in [0.5, 0.6) is 0 Å². The summed E-state index contributed by atoms with van der Waals surface area (Å²) < 4.78 is 1.23. The Morgan fingerprint density at radius 1 is 1.03 bits per heavy atom. The minimum atomic E-state index is -0.773. The zero-order valence-electron chi connectivity index (χ0n) is 17.6. The predicted octanol–water partition coefficient (Wildman–Crippen LogP) is 4.32. The van der Waals surface area contributed by atoms with Gasteiger partial charge in [-0.1, -0.05) is 31.2 Å². The van der Waals surface area contributed by atoms with Crippen molar-refractivity contribution in [2.45, 2.75) is 40.2 Å². The summed E-state index contributed by atoms with van der Waals surface area (Å²) in [5.74, 6) is -0.442. The molecule has 154 valence electrons. The fourth-order valence-corrected chi connectivity index (χ4v) is 3.21. The molecular formula is C24H25N3O3. The van der Waals surface area contributed by atoms with Crippen molar-refractivity contribution in [1.29, 1.82) is 0 Å². The lowest BCUT2D eigenvalue weighted by atomic mass is 10.0. The Labute approximate surface area is 175 Å². The highest BCUT2D eigenvalue weighted by molar-refractivity contribution is 5.98. The number of carbonyl (C=O) groups excluding carboxylic acids is 2. The summed E-state index contributed by atoms with van der Waals surface area (Å²) in [6.07, 6.45) is 0.390. The monoisotopic (exact) mass is 403 g/mol. The summed E-state index contributed by atoms with van der Waals surface area (Å²) in [4.78, 5) is 37.0. The highest BCUT2D eigenvalue weighted by Crippen LogP contribution is 2.21. The van der Waals surface area contributed by atoms with Gasteiger partial charge in [-0.2, -0.15) is 5.10 Å². The highest BCUT2D eigenvalue weighted by Gasteiger charge is 2.22. The SMILES string of the molecule is CC[C@H](C(=O)Nc1cccc(C(C)=O)c1)n1nc(-c2ccc(C)c(C)c2)ccc1=O. The quantitative estimate of drug-likeness (QED) is 0.622. The molecule has 0 fully saturated rings. The van der Waals surface area contributed by atoms with E-state index in [1.807, 2.05) is 39.0 Å². The van der Waals surface area contributed by atoms with Crippen molar-refractivity contribution in [1.82, 2.24) is 9.78 Å². The van der Waals surface area contributed by atoms with Gasteiger partial charge < -0.3 is 5.32 Å². The second kappa shape index (κ2) is 8.86. The first-order chi connectivity index (χ1) is 14.3. The average molecular weight is 403 g/mol. The minimum absolute atomic E-state index is 0.0860. The molecule has 0 aliphatic heterocycles. The van der Waals surface area contributed by atoms with Crippen molar-refractivity contribution in [3.63, 3.8) is 0 Å². The van der Waals surface area contributed by atoms with Crippen LogP contribution in [-0.2, 0) is 4.79 Å². The molecule has 30 heavy (non-hydrogen) atoms. The second-order valence-corrected chi connectivity index (χ2v) is 7.35. The number of hydrogen-bond donors (Lipinski definition) is 1. The van der Waals surface area contributed by atoms with Crippen LogP contribution >= 0.6 is 0 Å². The molecule has 3 rings (SSSR count). The Kier molecular flexibility index (Phi) is 6.26. The molecule has 0 saturated carbocycles. The number of nitrogens with one attached hydrogen (secondary N) is 1. The van der Waals surface area contributed by atoms with E-state index in [1.165, 1.54) is 23.2 Å². The zero-order valence-corrected chi connectivity index (χ0v) is 17.6. The summed E-state index contributed by atoms with van der Waals surface area (Å²) in [6, 6.07) is 15.0. The van der Waals surface area contributed by atoms with Gasteiger partial charge >= 0.3 is 0 Å². The summed E-state index contributed by atoms with van der Waals surface area (Å²) in [5, 5.41) is 7.28. The molecule has 0 unspecified atom stereocenters. The van der Waals surface area contributed by atoms with E-state index in [0.717, 1.165) is 11.1 Å². The van der Waals surface area contributed by atoms with Crippen LogP contribution < -0.4 is 10.9 Å². The number of ketones is 1. The fraction of sp³-hybridized carbons (Fsp3) is 0.250. The number of aryl methyl sites for hydroxylation is 2. The van der Waals surface area contributed by atoms with Crippen LogP contribution in [0.25, 0.3) is 11.3 Å². The number of aromatic nitrogens is 2. The van der Waals surface area contributed by atoms with Crippen LogP contribution in [0.2, 0.25) is 0 Å². The molecule has 0 saturated heterocycles. The van der Waals surface area contributed by atoms with E-state index in [9.17, 15) is 14.4 Å². The van der Waals surface area contributed by atoms with Gasteiger partial charge in [0, 0.05) is 22.9 Å². The van der Waals surface area contributed by atoms with E-state index in [1.54, 1.807) is 30.3 Å². The molecular weight excluding hydrogens is 378 g/mol. The van der Waals surface area contributed by atoms with E-state index in [0.29, 0.717) is 23.4 Å². The smallest absolute Gasteiger partial charge is 0.267 e. The lowest BCUT2D eigenvalue weighted by Crippen LogP contribution is -2.34. The van der Waals surface area contributed by atoms with E-state index in [4.69, 9.17) is 0 Å². The van der Waals surface area contributed by atoms with Gasteiger partial charge in [0.2, 0.25) is 5.91 Å². The maximum atomic E-state index is 12.9. The summed E-state index contributed by atoms with van der Waals surface area (Å²) in [7, 11) is 0. The number of rotatable bonds is 6. The van der Waals surface area contributed by atoms with E-state index in [-0.39, 0.29) is 17.2 Å². The number of anilines is 1. The van der Waals surface area contributed by atoms with Crippen LogP contribution in [-0.4, -0.2) is 21.5 Å². The van der Waals surface area contributed by atoms with Crippen LogP contribution in [0, 0.1) is 13.8 Å². The molecule has 1 amide bonds. The van der Waals surface area contributed by atoms with Gasteiger partial charge in [-0.15, -0.1) is 0 Å². The van der Waals surface area contributed by atoms with Crippen LogP contribution in [0.1, 0.15) is 47.8 Å². The first-order valence-corrected chi connectivity index (χ1v) is 9.89. The number of hydrogen-bond acceptors (Lipinski definition) is 4. The van der Waals surface area contributed by atoms with E-state index in [2.05, 4.69) is 10.4 Å². The Bertz CT molecular complexity index is 1160. The van der Waals surface area contributed by atoms with Gasteiger partial charge in [-0.3, -0.25) is 14.4 Å². The van der Waals surface area contributed by atoms with Crippen molar-refractivity contribution in [3.05, 3.63) is 81.6 Å². The van der Waals surface area contributed by atoms with Crippen molar-refractivity contribution in [3.8, 4) is 11.3 Å². The summed E-state index contributed by atoms with van der Waals surface area (Å²) in [6.45, 7) is 7.35. The average Bonchev–Trinajstić information content (AvgIpc) is 2.72. The number of Topliss-reactive ketones (excluding diaryl/α,β-unsaturated/α-hetero) is 1. The molecule has 1 atom stereocenters. The number of carbonyl (C=O) groups is 2. The largest absolute Gasteiger partial charge is 0.324 e. The Balaban J connectivity index is 1.93. The molecule has 1 aromatic heterocycles. The third kappa shape index (κ3) is 4.54. The molecule has 1 N–H and O–H groups in total. The third-order valence-electron chi connectivity index (χ3n) is 5.15. The lowest BCUT2D eigenvalue weighted by Gasteiger charge is -2.18. The van der Waals surface area contributed by atoms with Gasteiger partial charge in [0.25, 0.3) is 5.56 Å². The molecule has 0 bridgehead atoms. The van der Waals surface area contributed by atoms with Gasteiger partial charge in [-0.25, -0.2) is 4.68 Å². The normalized spacial score (nSPS) is 11.7. The number of amides is 1. The molecule has 0 spiro atoms. The van der Waals surface area contributed by atoms with Gasteiger partial charge in [0.05, 0.1) is 5.69 Å². The molecule has 6 heteroatoms.